The van der Waals surface area contributed by atoms with Gasteiger partial charge in [0.1, 0.15) is 16.7 Å². The van der Waals surface area contributed by atoms with E-state index in [0.717, 1.165) is 29.8 Å². The van der Waals surface area contributed by atoms with Crippen LogP contribution >= 0.6 is 0 Å². The number of carbonyl (C=O) groups excluding carboxylic acids is 2. The Morgan fingerprint density at radius 2 is 1.70 bits per heavy atom. The van der Waals surface area contributed by atoms with Crippen LogP contribution in [0.1, 0.15) is 36.0 Å². The number of nitrogens with one attached hydrogen (secondary N) is 1. The Kier molecular flexibility index (Phi) is 10.2. The summed E-state index contributed by atoms with van der Waals surface area (Å²) in [5.41, 5.74) is 3.94. The van der Waals surface area contributed by atoms with Gasteiger partial charge in [0.05, 0.1) is 25.1 Å². The second-order valence-corrected chi connectivity index (χ2v) is 12.5. The van der Waals surface area contributed by atoms with Crippen LogP contribution in [0.25, 0.3) is 0 Å². The SMILES string of the molecule is COc1cc(C)c(S(=O)N(C)CC(=O)NCC(=O)N(C)Cc2ccc(N3CCC(N4CCCC4)C3)cc2)c(C)c1. The summed E-state index contributed by atoms with van der Waals surface area (Å²) in [6.45, 7) is 8.64. The van der Waals surface area contributed by atoms with Crippen molar-refractivity contribution in [2.75, 3.05) is 65.4 Å². The van der Waals surface area contributed by atoms with Crippen molar-refractivity contribution in [2.45, 2.75) is 50.6 Å². The van der Waals surface area contributed by atoms with Gasteiger partial charge in [0, 0.05) is 45.5 Å². The number of amides is 2. The monoisotopic (exact) mass is 569 g/mol. The summed E-state index contributed by atoms with van der Waals surface area (Å²) in [6.07, 6.45) is 3.86. The van der Waals surface area contributed by atoms with E-state index in [4.69, 9.17) is 4.74 Å². The molecule has 2 amide bonds. The van der Waals surface area contributed by atoms with Crippen LogP contribution in [0.4, 0.5) is 5.69 Å². The number of likely N-dealkylation sites (tertiary alicyclic amines) is 1. The van der Waals surface area contributed by atoms with Crippen molar-refractivity contribution in [3.05, 3.63) is 53.1 Å². The van der Waals surface area contributed by atoms with Gasteiger partial charge in [-0.25, -0.2) is 8.51 Å². The van der Waals surface area contributed by atoms with Gasteiger partial charge in [0.15, 0.2) is 0 Å². The van der Waals surface area contributed by atoms with E-state index < -0.39 is 11.0 Å². The number of hydrogen-bond acceptors (Lipinski definition) is 6. The van der Waals surface area contributed by atoms with Crippen LogP contribution in [0.15, 0.2) is 41.3 Å². The molecule has 1 N–H and O–H groups in total. The lowest BCUT2D eigenvalue weighted by atomic mass is 10.1. The first-order chi connectivity index (χ1) is 19.2. The smallest absolute Gasteiger partial charge is 0.242 e. The number of nitrogens with zero attached hydrogens (tertiary/aromatic N) is 4. The van der Waals surface area contributed by atoms with Crippen molar-refractivity contribution in [2.24, 2.45) is 0 Å². The molecular formula is C30H43N5O4S. The molecule has 40 heavy (non-hydrogen) atoms. The van der Waals surface area contributed by atoms with Crippen molar-refractivity contribution in [1.29, 1.82) is 0 Å². The lowest BCUT2D eigenvalue weighted by molar-refractivity contribution is -0.132. The Hall–Kier alpha value is -2.95. The lowest BCUT2D eigenvalue weighted by Gasteiger charge is -2.24. The zero-order valence-corrected chi connectivity index (χ0v) is 25.3. The standard InChI is InChI=1S/C30H43N5O4S/c1-22-16-27(39-5)17-23(2)30(22)40(38)33(4)21-28(36)31-18-29(37)32(3)19-24-8-10-25(11-9-24)35-15-12-26(20-35)34-13-6-7-14-34/h8-11,16-17,26H,6-7,12-15,18-21H2,1-5H3,(H,31,36). The Morgan fingerprint density at radius 3 is 2.33 bits per heavy atom. The van der Waals surface area contributed by atoms with E-state index in [0.29, 0.717) is 23.2 Å². The Balaban J connectivity index is 1.21. The number of ether oxygens (including phenoxy) is 1. The van der Waals surface area contributed by atoms with E-state index in [9.17, 15) is 13.8 Å². The Labute approximate surface area is 241 Å². The molecule has 0 aliphatic carbocycles. The highest BCUT2D eigenvalue weighted by molar-refractivity contribution is 7.82. The number of benzene rings is 2. The summed E-state index contributed by atoms with van der Waals surface area (Å²) in [7, 11) is 3.44. The Bertz CT molecular complexity index is 1190. The van der Waals surface area contributed by atoms with Gasteiger partial charge in [-0.1, -0.05) is 12.1 Å². The third-order valence-electron chi connectivity index (χ3n) is 7.90. The number of carbonyl (C=O) groups is 2. The number of likely N-dealkylation sites (N-methyl/N-ethyl adjacent to an activating group) is 2. The zero-order chi connectivity index (χ0) is 28.8. The first-order valence-corrected chi connectivity index (χ1v) is 15.1. The molecule has 0 bridgehead atoms. The lowest BCUT2D eigenvalue weighted by Crippen LogP contribution is -2.42. The molecule has 2 heterocycles. The molecule has 2 aromatic carbocycles. The molecule has 2 saturated heterocycles. The summed E-state index contributed by atoms with van der Waals surface area (Å²) in [4.78, 5) is 32.6. The third kappa shape index (κ3) is 7.41. The fourth-order valence-corrected chi connectivity index (χ4v) is 6.86. The van der Waals surface area contributed by atoms with Gasteiger partial charge in [-0.15, -0.1) is 0 Å². The topological polar surface area (TPSA) is 85.4 Å². The maximum Gasteiger partial charge on any atom is 0.242 e. The Morgan fingerprint density at radius 1 is 1.05 bits per heavy atom. The number of rotatable bonds is 11. The molecule has 2 aromatic rings. The molecule has 0 saturated carbocycles. The van der Waals surface area contributed by atoms with Gasteiger partial charge in [0.2, 0.25) is 11.8 Å². The van der Waals surface area contributed by atoms with Crippen molar-refractivity contribution in [1.82, 2.24) is 19.4 Å². The van der Waals surface area contributed by atoms with E-state index in [-0.39, 0.29) is 24.9 Å². The van der Waals surface area contributed by atoms with Gasteiger partial charge in [-0.05, 0) is 87.2 Å². The minimum Gasteiger partial charge on any atom is -0.497 e. The molecule has 0 spiro atoms. The predicted molar refractivity (Wildman–Crippen MR) is 159 cm³/mol. The first-order valence-electron chi connectivity index (χ1n) is 14.0. The second kappa shape index (κ2) is 13.6. The number of hydrogen-bond donors (Lipinski definition) is 1. The van der Waals surface area contributed by atoms with Crippen LogP contribution in [0.5, 0.6) is 5.75 Å². The highest BCUT2D eigenvalue weighted by Crippen LogP contribution is 2.27. The highest BCUT2D eigenvalue weighted by atomic mass is 32.2. The van der Waals surface area contributed by atoms with Crippen LogP contribution < -0.4 is 15.0 Å². The summed E-state index contributed by atoms with van der Waals surface area (Å²) < 4.78 is 19.8. The third-order valence-corrected chi connectivity index (χ3v) is 9.59. The molecule has 2 aliphatic rings. The molecule has 2 fully saturated rings. The van der Waals surface area contributed by atoms with Crippen molar-refractivity contribution in [3.63, 3.8) is 0 Å². The quantitative estimate of drug-likeness (QED) is 0.448. The molecule has 4 rings (SSSR count). The molecule has 0 aromatic heterocycles. The predicted octanol–water partition coefficient (Wildman–Crippen LogP) is 2.72. The first kappa shape index (κ1) is 30.0. The molecular weight excluding hydrogens is 526 g/mol. The molecule has 2 unspecified atom stereocenters. The van der Waals surface area contributed by atoms with Crippen molar-refractivity contribution < 1.29 is 18.5 Å². The fourth-order valence-electron chi connectivity index (χ4n) is 5.64. The van der Waals surface area contributed by atoms with E-state index >= 15 is 0 Å². The summed E-state index contributed by atoms with van der Waals surface area (Å²) >= 11 is 0. The molecule has 10 heteroatoms. The van der Waals surface area contributed by atoms with Crippen molar-refractivity contribution >= 4 is 28.5 Å². The zero-order valence-electron chi connectivity index (χ0n) is 24.4. The van der Waals surface area contributed by atoms with Crippen LogP contribution in [-0.2, 0) is 27.1 Å². The van der Waals surface area contributed by atoms with Gasteiger partial charge in [0.25, 0.3) is 0 Å². The maximum atomic E-state index is 13.1. The number of anilines is 1. The van der Waals surface area contributed by atoms with Crippen LogP contribution in [-0.4, -0.2) is 96.6 Å². The van der Waals surface area contributed by atoms with Gasteiger partial charge < -0.3 is 19.9 Å². The molecule has 0 radical (unpaired) electrons. The molecule has 9 nitrogen and oxygen atoms in total. The van der Waals surface area contributed by atoms with E-state index in [1.165, 1.54) is 42.3 Å². The van der Waals surface area contributed by atoms with Crippen LogP contribution in [0, 0.1) is 13.8 Å². The van der Waals surface area contributed by atoms with E-state index in [1.807, 2.05) is 26.0 Å². The summed E-state index contributed by atoms with van der Waals surface area (Å²) in [5, 5.41) is 2.67. The summed E-state index contributed by atoms with van der Waals surface area (Å²) in [5.74, 6) is 0.159. The normalized spacial score (nSPS) is 18.2. The minimum atomic E-state index is -1.52. The van der Waals surface area contributed by atoms with Crippen molar-refractivity contribution in [3.8, 4) is 5.75 Å². The van der Waals surface area contributed by atoms with Crippen LogP contribution in [0.3, 0.4) is 0 Å². The fraction of sp³-hybridized carbons (Fsp3) is 0.533. The summed E-state index contributed by atoms with van der Waals surface area (Å²) in [6, 6.07) is 12.8. The molecule has 2 atom stereocenters. The van der Waals surface area contributed by atoms with Gasteiger partial charge in [-0.3, -0.25) is 14.5 Å². The maximum absolute atomic E-state index is 13.1. The average Bonchev–Trinajstić information content (AvgIpc) is 3.64. The van der Waals surface area contributed by atoms with E-state index in [1.54, 1.807) is 26.1 Å². The minimum absolute atomic E-state index is 0.0922. The molecule has 218 valence electrons. The van der Waals surface area contributed by atoms with Gasteiger partial charge >= 0.3 is 0 Å². The second-order valence-electron chi connectivity index (χ2n) is 11.0. The molecule has 2 aliphatic heterocycles. The van der Waals surface area contributed by atoms with Gasteiger partial charge in [-0.2, -0.15) is 0 Å². The van der Waals surface area contributed by atoms with Crippen LogP contribution in [0.2, 0.25) is 0 Å². The van der Waals surface area contributed by atoms with E-state index in [2.05, 4.69) is 39.4 Å². The average molecular weight is 570 g/mol. The number of aryl methyl sites for hydroxylation is 2. The largest absolute Gasteiger partial charge is 0.497 e. The number of methoxy groups -OCH3 is 1. The highest BCUT2D eigenvalue weighted by Gasteiger charge is 2.29.